The van der Waals surface area contributed by atoms with Crippen LogP contribution in [-0.2, 0) is 16.1 Å². The molecule has 6 heteroatoms. The monoisotopic (exact) mass is 272 g/mol. The lowest BCUT2D eigenvalue weighted by molar-refractivity contribution is -0.130. The van der Waals surface area contributed by atoms with Gasteiger partial charge in [-0.15, -0.1) is 0 Å². The van der Waals surface area contributed by atoms with Gasteiger partial charge in [0.2, 0.25) is 0 Å². The molecule has 100 valence electrons. The van der Waals surface area contributed by atoms with Crippen LogP contribution in [0, 0.1) is 0 Å². The average Bonchev–Trinajstić information content (AvgIpc) is 2.38. The predicted octanol–water partition coefficient (Wildman–Crippen LogP) is 0.939. The van der Waals surface area contributed by atoms with Gasteiger partial charge in [-0.1, -0.05) is 17.7 Å². The number of carbonyl (C=O) groups is 1. The van der Waals surface area contributed by atoms with Crippen LogP contribution in [0.15, 0.2) is 18.2 Å². The Balaban J connectivity index is 2.71. The Labute approximate surface area is 111 Å². The Bertz CT molecular complexity index is 408. The van der Waals surface area contributed by atoms with E-state index in [2.05, 4.69) is 5.32 Å². The first-order chi connectivity index (χ1) is 8.63. The first kappa shape index (κ1) is 14.8. The minimum atomic E-state index is -0.654. The molecule has 1 rings (SSSR count). The van der Waals surface area contributed by atoms with E-state index in [0.717, 1.165) is 5.56 Å². The number of hydrogen-bond donors (Lipinski definition) is 2. The summed E-state index contributed by atoms with van der Waals surface area (Å²) >= 11 is 6.05. The van der Waals surface area contributed by atoms with Crippen LogP contribution in [0.1, 0.15) is 5.56 Å². The minimum Gasteiger partial charge on any atom is -0.496 e. The van der Waals surface area contributed by atoms with E-state index in [1.165, 1.54) is 7.11 Å². The van der Waals surface area contributed by atoms with Crippen molar-refractivity contribution in [2.75, 3.05) is 20.8 Å². The van der Waals surface area contributed by atoms with Gasteiger partial charge in [0.1, 0.15) is 11.9 Å². The fourth-order valence-corrected chi connectivity index (χ4v) is 1.73. The van der Waals surface area contributed by atoms with Crippen molar-refractivity contribution in [2.45, 2.75) is 12.6 Å². The zero-order valence-corrected chi connectivity index (χ0v) is 11.2. The standard InChI is InChI=1S/C12H17ClN2O3/c1-17-10-5-3-4-9(13)8(10)7-15-12(16)11(6-14)18-2/h3-5,11H,6-7,14H2,1-2H3,(H,15,16). The van der Waals surface area contributed by atoms with Crippen LogP contribution in [-0.4, -0.2) is 32.8 Å². The number of carbonyl (C=O) groups excluding carboxylic acids is 1. The summed E-state index contributed by atoms with van der Waals surface area (Å²) in [6.07, 6.45) is -0.654. The van der Waals surface area contributed by atoms with E-state index in [9.17, 15) is 4.79 Å². The third-order valence-corrected chi connectivity index (χ3v) is 2.88. The highest BCUT2D eigenvalue weighted by Crippen LogP contribution is 2.25. The van der Waals surface area contributed by atoms with E-state index in [4.69, 9.17) is 26.8 Å². The molecule has 0 saturated heterocycles. The quantitative estimate of drug-likeness (QED) is 0.808. The highest BCUT2D eigenvalue weighted by atomic mass is 35.5. The molecule has 0 aliphatic carbocycles. The highest BCUT2D eigenvalue weighted by Gasteiger charge is 2.16. The molecule has 3 N–H and O–H groups in total. The third-order valence-electron chi connectivity index (χ3n) is 2.53. The summed E-state index contributed by atoms with van der Waals surface area (Å²) in [6, 6.07) is 5.30. The fraction of sp³-hybridized carbons (Fsp3) is 0.417. The third kappa shape index (κ3) is 3.60. The van der Waals surface area contributed by atoms with E-state index in [1.54, 1.807) is 25.3 Å². The zero-order valence-electron chi connectivity index (χ0n) is 10.4. The number of nitrogens with two attached hydrogens (primary N) is 1. The molecule has 5 nitrogen and oxygen atoms in total. The Morgan fingerprint density at radius 2 is 2.22 bits per heavy atom. The number of halogens is 1. The van der Waals surface area contributed by atoms with E-state index < -0.39 is 6.10 Å². The van der Waals surface area contributed by atoms with Gasteiger partial charge in [-0.05, 0) is 12.1 Å². The van der Waals surface area contributed by atoms with Gasteiger partial charge >= 0.3 is 0 Å². The summed E-state index contributed by atoms with van der Waals surface area (Å²) < 4.78 is 10.1. The van der Waals surface area contributed by atoms with E-state index >= 15 is 0 Å². The zero-order chi connectivity index (χ0) is 13.5. The van der Waals surface area contributed by atoms with Gasteiger partial charge in [0.25, 0.3) is 5.91 Å². The number of amides is 1. The maximum absolute atomic E-state index is 11.7. The summed E-state index contributed by atoms with van der Waals surface area (Å²) in [4.78, 5) is 11.7. The van der Waals surface area contributed by atoms with Crippen molar-refractivity contribution in [1.29, 1.82) is 0 Å². The lowest BCUT2D eigenvalue weighted by Gasteiger charge is -2.15. The number of methoxy groups -OCH3 is 2. The van der Waals surface area contributed by atoms with Crippen LogP contribution in [0.25, 0.3) is 0 Å². The Morgan fingerprint density at radius 3 is 2.78 bits per heavy atom. The first-order valence-corrected chi connectivity index (χ1v) is 5.83. The van der Waals surface area contributed by atoms with Crippen LogP contribution in [0.5, 0.6) is 5.75 Å². The van der Waals surface area contributed by atoms with Gasteiger partial charge in [0.05, 0.1) is 7.11 Å². The summed E-state index contributed by atoms with van der Waals surface area (Å²) in [5, 5.41) is 3.25. The second-order valence-corrected chi connectivity index (χ2v) is 4.01. The van der Waals surface area contributed by atoms with Crippen molar-refractivity contribution in [3.8, 4) is 5.75 Å². The molecule has 1 aromatic rings. The molecule has 1 atom stereocenters. The SMILES string of the molecule is COc1cccc(Cl)c1CNC(=O)C(CN)OC. The predicted molar refractivity (Wildman–Crippen MR) is 69.7 cm³/mol. The lowest BCUT2D eigenvalue weighted by Crippen LogP contribution is -2.40. The van der Waals surface area contributed by atoms with Crippen molar-refractivity contribution >= 4 is 17.5 Å². The molecule has 0 radical (unpaired) electrons. The van der Waals surface area contributed by atoms with Crippen molar-refractivity contribution in [3.63, 3.8) is 0 Å². The van der Waals surface area contributed by atoms with Crippen molar-refractivity contribution < 1.29 is 14.3 Å². The summed E-state index contributed by atoms with van der Waals surface area (Å²) in [5.41, 5.74) is 6.13. The molecule has 0 fully saturated rings. The Kier molecular flexibility index (Phi) is 5.91. The topological polar surface area (TPSA) is 73.6 Å². The van der Waals surface area contributed by atoms with Crippen molar-refractivity contribution in [3.05, 3.63) is 28.8 Å². The summed E-state index contributed by atoms with van der Waals surface area (Å²) in [6.45, 7) is 0.392. The summed E-state index contributed by atoms with van der Waals surface area (Å²) in [7, 11) is 2.99. The van der Waals surface area contributed by atoms with Gasteiger partial charge < -0.3 is 20.5 Å². The molecular weight excluding hydrogens is 256 g/mol. The molecule has 0 spiro atoms. The van der Waals surface area contributed by atoms with Gasteiger partial charge in [-0.2, -0.15) is 0 Å². The van der Waals surface area contributed by atoms with Gasteiger partial charge in [0, 0.05) is 30.8 Å². The molecule has 1 amide bonds. The molecule has 1 unspecified atom stereocenters. The van der Waals surface area contributed by atoms with E-state index in [1.807, 2.05) is 0 Å². The van der Waals surface area contributed by atoms with Crippen LogP contribution in [0.2, 0.25) is 5.02 Å². The van der Waals surface area contributed by atoms with Gasteiger partial charge in [-0.25, -0.2) is 0 Å². The van der Waals surface area contributed by atoms with Crippen LogP contribution < -0.4 is 15.8 Å². The largest absolute Gasteiger partial charge is 0.496 e. The Hall–Kier alpha value is -1.30. The van der Waals surface area contributed by atoms with Crippen LogP contribution in [0.4, 0.5) is 0 Å². The number of nitrogens with one attached hydrogen (secondary N) is 1. The van der Waals surface area contributed by atoms with Crippen molar-refractivity contribution in [1.82, 2.24) is 5.32 Å². The molecule has 0 aliphatic heterocycles. The molecule has 1 aromatic carbocycles. The maximum Gasteiger partial charge on any atom is 0.250 e. The molecule has 0 bridgehead atoms. The number of rotatable bonds is 6. The second-order valence-electron chi connectivity index (χ2n) is 3.60. The molecule has 18 heavy (non-hydrogen) atoms. The highest BCUT2D eigenvalue weighted by molar-refractivity contribution is 6.31. The number of ether oxygens (including phenoxy) is 2. The van der Waals surface area contributed by atoms with Crippen molar-refractivity contribution in [2.24, 2.45) is 5.73 Å². The minimum absolute atomic E-state index is 0.127. The molecular formula is C12H17ClN2O3. The van der Waals surface area contributed by atoms with E-state index in [-0.39, 0.29) is 19.0 Å². The van der Waals surface area contributed by atoms with Crippen LogP contribution in [0.3, 0.4) is 0 Å². The molecule has 0 aromatic heterocycles. The number of hydrogen-bond acceptors (Lipinski definition) is 4. The first-order valence-electron chi connectivity index (χ1n) is 5.46. The van der Waals surface area contributed by atoms with Gasteiger partial charge in [-0.3, -0.25) is 4.79 Å². The van der Waals surface area contributed by atoms with Gasteiger partial charge in [0.15, 0.2) is 0 Å². The number of benzene rings is 1. The molecule has 0 heterocycles. The molecule has 0 saturated carbocycles. The lowest BCUT2D eigenvalue weighted by atomic mass is 10.2. The van der Waals surface area contributed by atoms with E-state index in [0.29, 0.717) is 10.8 Å². The molecule has 0 aliphatic rings. The normalized spacial score (nSPS) is 12.0. The maximum atomic E-state index is 11.7. The smallest absolute Gasteiger partial charge is 0.250 e. The second kappa shape index (κ2) is 7.20. The average molecular weight is 273 g/mol. The fourth-order valence-electron chi connectivity index (χ4n) is 1.50. The Morgan fingerprint density at radius 1 is 1.50 bits per heavy atom. The van der Waals surface area contributed by atoms with Crippen LogP contribution >= 0.6 is 11.6 Å². The summed E-state index contributed by atoms with van der Waals surface area (Å²) in [5.74, 6) is 0.353.